The number of aromatic amines is 1. The van der Waals surface area contributed by atoms with Crippen molar-refractivity contribution in [1.29, 1.82) is 0 Å². The zero-order valence-electron chi connectivity index (χ0n) is 12.7. The molecule has 0 aliphatic heterocycles. The van der Waals surface area contributed by atoms with Gasteiger partial charge in [-0.15, -0.1) is 11.3 Å². The molecule has 0 spiro atoms. The van der Waals surface area contributed by atoms with Crippen LogP contribution in [0.5, 0.6) is 0 Å². The molecule has 4 rings (SSSR count). The van der Waals surface area contributed by atoms with Gasteiger partial charge in [0.25, 0.3) is 12.3 Å². The molecule has 124 valence electrons. The van der Waals surface area contributed by atoms with E-state index in [-0.39, 0.29) is 10.8 Å². The van der Waals surface area contributed by atoms with Crippen molar-refractivity contribution >= 4 is 28.1 Å². The average molecular weight is 347 g/mol. The van der Waals surface area contributed by atoms with Gasteiger partial charge in [-0.1, -0.05) is 6.07 Å². The molecule has 0 atom stereocenters. The van der Waals surface area contributed by atoms with Crippen LogP contribution >= 0.6 is 11.3 Å². The third-order valence-electron chi connectivity index (χ3n) is 4.28. The minimum Gasteiger partial charge on any atom is -0.347 e. The van der Waals surface area contributed by atoms with E-state index in [1.54, 1.807) is 6.20 Å². The molecule has 1 aliphatic rings. The fourth-order valence-electron chi connectivity index (χ4n) is 2.91. The van der Waals surface area contributed by atoms with Gasteiger partial charge in [-0.05, 0) is 48.1 Å². The molecule has 1 fully saturated rings. The lowest BCUT2D eigenvalue weighted by atomic mass is 9.99. The minimum atomic E-state index is -2.54. The van der Waals surface area contributed by atoms with E-state index >= 15 is 0 Å². The summed E-state index contributed by atoms with van der Waals surface area (Å²) in [4.78, 5) is 12.5. The second-order valence-corrected chi connectivity index (χ2v) is 7.04. The van der Waals surface area contributed by atoms with Crippen molar-refractivity contribution in [3.8, 4) is 0 Å². The Bertz CT molecular complexity index is 898. The predicted octanol–water partition coefficient (Wildman–Crippen LogP) is 4.37. The molecule has 4 nitrogen and oxygen atoms in total. The summed E-state index contributed by atoms with van der Waals surface area (Å²) in [6.45, 7) is 0.365. The summed E-state index contributed by atoms with van der Waals surface area (Å²) in [7, 11) is 0. The molecule has 24 heavy (non-hydrogen) atoms. The van der Waals surface area contributed by atoms with Crippen LogP contribution in [0.15, 0.2) is 30.5 Å². The molecule has 3 aromatic rings. The number of halogens is 2. The van der Waals surface area contributed by atoms with E-state index in [1.165, 1.54) is 17.7 Å². The van der Waals surface area contributed by atoms with Gasteiger partial charge in [0, 0.05) is 11.9 Å². The van der Waals surface area contributed by atoms with Crippen molar-refractivity contribution in [3.05, 3.63) is 51.3 Å². The van der Waals surface area contributed by atoms with Gasteiger partial charge in [0.1, 0.15) is 0 Å². The minimum absolute atomic E-state index is 0.0873. The Balaban J connectivity index is 1.56. The van der Waals surface area contributed by atoms with Gasteiger partial charge in [0.2, 0.25) is 0 Å². The molecule has 0 unspecified atom stereocenters. The first-order valence-corrected chi connectivity index (χ1v) is 8.56. The Labute approximate surface area is 140 Å². The number of hydrogen-bond acceptors (Lipinski definition) is 3. The van der Waals surface area contributed by atoms with Crippen LogP contribution in [0.25, 0.3) is 10.9 Å². The first-order chi connectivity index (χ1) is 11.6. The number of hydrogen-bond donors (Lipinski definition) is 2. The van der Waals surface area contributed by atoms with E-state index in [4.69, 9.17) is 0 Å². The van der Waals surface area contributed by atoms with Crippen LogP contribution in [-0.4, -0.2) is 16.1 Å². The highest BCUT2D eigenvalue weighted by Crippen LogP contribution is 2.43. The molecular weight excluding hydrogens is 332 g/mol. The zero-order valence-corrected chi connectivity index (χ0v) is 13.5. The number of amides is 1. The number of benzene rings is 1. The van der Waals surface area contributed by atoms with E-state index < -0.39 is 6.43 Å². The second-order valence-electron chi connectivity index (χ2n) is 5.92. The van der Waals surface area contributed by atoms with Crippen molar-refractivity contribution in [2.45, 2.75) is 31.7 Å². The molecule has 2 aromatic heterocycles. The third-order valence-corrected chi connectivity index (χ3v) is 5.37. The number of aromatic nitrogens is 2. The number of fused-ring (bicyclic) bond motifs is 1. The topological polar surface area (TPSA) is 57.8 Å². The molecular formula is C17H15F2N3OS. The van der Waals surface area contributed by atoms with Gasteiger partial charge < -0.3 is 5.32 Å². The highest BCUT2D eigenvalue weighted by molar-refractivity contribution is 7.14. The number of alkyl halides is 2. The maximum absolute atomic E-state index is 12.7. The van der Waals surface area contributed by atoms with Crippen LogP contribution in [-0.2, 0) is 6.54 Å². The molecule has 0 radical (unpaired) electrons. The van der Waals surface area contributed by atoms with Gasteiger partial charge in [0.05, 0.1) is 21.5 Å². The van der Waals surface area contributed by atoms with Crippen molar-refractivity contribution in [2.24, 2.45) is 0 Å². The molecule has 2 N–H and O–H groups in total. The van der Waals surface area contributed by atoms with E-state index in [1.807, 2.05) is 6.07 Å². The van der Waals surface area contributed by atoms with Crippen LogP contribution in [0, 0.1) is 0 Å². The van der Waals surface area contributed by atoms with Crippen molar-refractivity contribution in [2.75, 3.05) is 0 Å². The lowest BCUT2D eigenvalue weighted by molar-refractivity contribution is 0.0955. The van der Waals surface area contributed by atoms with E-state index in [9.17, 15) is 13.6 Å². The van der Waals surface area contributed by atoms with Crippen LogP contribution in [0.1, 0.15) is 50.9 Å². The second kappa shape index (κ2) is 5.98. The highest BCUT2D eigenvalue weighted by atomic mass is 32.1. The molecule has 1 aliphatic carbocycles. The van der Waals surface area contributed by atoms with Gasteiger partial charge in [0.15, 0.2) is 0 Å². The normalized spacial score (nSPS) is 14.5. The Kier molecular flexibility index (Phi) is 3.80. The molecule has 0 bridgehead atoms. The van der Waals surface area contributed by atoms with Crippen molar-refractivity contribution in [1.82, 2.24) is 15.5 Å². The van der Waals surface area contributed by atoms with E-state index in [0.29, 0.717) is 17.3 Å². The third kappa shape index (κ3) is 2.80. The first-order valence-electron chi connectivity index (χ1n) is 7.74. The quantitative estimate of drug-likeness (QED) is 0.720. The van der Waals surface area contributed by atoms with Crippen LogP contribution in [0.3, 0.4) is 0 Å². The SMILES string of the molecule is O=C(NCc1c(C2CC2)ccc2[nH]ncc12)c1ccc(C(F)F)s1. The standard InChI is InChI=1S/C17H15F2N3OS/c18-16(19)14-5-6-15(24-14)17(23)20-7-11-10(9-1-2-9)3-4-13-12(11)8-21-22-13/h3-6,8-9,16H,1-2,7H2,(H,20,23)(H,21,22). The lowest BCUT2D eigenvalue weighted by Gasteiger charge is -2.11. The van der Waals surface area contributed by atoms with Gasteiger partial charge in [-0.25, -0.2) is 8.78 Å². The van der Waals surface area contributed by atoms with Crippen molar-refractivity contribution < 1.29 is 13.6 Å². The Morgan fingerprint density at radius 3 is 2.88 bits per heavy atom. The summed E-state index contributed by atoms with van der Waals surface area (Å²) in [6, 6.07) is 6.84. The molecule has 1 saturated carbocycles. The Morgan fingerprint density at radius 2 is 2.17 bits per heavy atom. The molecule has 2 heterocycles. The number of carbonyl (C=O) groups excluding carboxylic acids is 1. The van der Waals surface area contributed by atoms with E-state index in [0.717, 1.165) is 40.6 Å². The number of H-pyrrole nitrogens is 1. The average Bonchev–Trinajstić information content (AvgIpc) is 3.10. The summed E-state index contributed by atoms with van der Waals surface area (Å²) in [5.74, 6) is 0.220. The Morgan fingerprint density at radius 1 is 1.33 bits per heavy atom. The number of nitrogens with one attached hydrogen (secondary N) is 2. The fraction of sp³-hybridized carbons (Fsp3) is 0.294. The monoisotopic (exact) mass is 347 g/mol. The van der Waals surface area contributed by atoms with Gasteiger partial charge in [-0.3, -0.25) is 9.89 Å². The number of thiophene rings is 1. The summed E-state index contributed by atoms with van der Waals surface area (Å²) in [6.07, 6.45) is 1.54. The van der Waals surface area contributed by atoms with Gasteiger partial charge >= 0.3 is 0 Å². The first kappa shape index (κ1) is 15.3. The highest BCUT2D eigenvalue weighted by Gasteiger charge is 2.27. The van der Waals surface area contributed by atoms with E-state index in [2.05, 4.69) is 21.6 Å². The number of carbonyl (C=O) groups is 1. The summed E-state index contributed by atoms with van der Waals surface area (Å²) in [5, 5.41) is 10.9. The summed E-state index contributed by atoms with van der Waals surface area (Å²) < 4.78 is 25.3. The lowest BCUT2D eigenvalue weighted by Crippen LogP contribution is -2.22. The summed E-state index contributed by atoms with van der Waals surface area (Å²) >= 11 is 0.832. The smallest absolute Gasteiger partial charge is 0.272 e. The number of nitrogens with zero attached hydrogens (tertiary/aromatic N) is 1. The fourth-order valence-corrected chi connectivity index (χ4v) is 3.69. The molecule has 1 aromatic carbocycles. The maximum Gasteiger partial charge on any atom is 0.272 e. The zero-order chi connectivity index (χ0) is 16.7. The number of rotatable bonds is 5. The van der Waals surface area contributed by atoms with Crippen molar-refractivity contribution in [3.63, 3.8) is 0 Å². The molecule has 1 amide bonds. The largest absolute Gasteiger partial charge is 0.347 e. The van der Waals surface area contributed by atoms with Crippen LogP contribution in [0.2, 0.25) is 0 Å². The maximum atomic E-state index is 12.7. The van der Waals surface area contributed by atoms with Gasteiger partial charge in [-0.2, -0.15) is 5.10 Å². The Hall–Kier alpha value is -2.28. The van der Waals surface area contributed by atoms with Crippen LogP contribution < -0.4 is 5.32 Å². The van der Waals surface area contributed by atoms with Crippen LogP contribution in [0.4, 0.5) is 8.78 Å². The summed E-state index contributed by atoms with van der Waals surface area (Å²) in [5.41, 5.74) is 3.23. The molecule has 7 heteroatoms. The molecule has 0 saturated heterocycles. The predicted molar refractivity (Wildman–Crippen MR) is 88.5 cm³/mol.